The highest BCUT2D eigenvalue weighted by molar-refractivity contribution is 6.30. The molecule has 1 unspecified atom stereocenters. The molecule has 186 valence electrons. The van der Waals surface area contributed by atoms with Crippen molar-refractivity contribution in [3.63, 3.8) is 0 Å². The molecule has 3 heterocycles. The number of H-pyrrole nitrogens is 1. The second kappa shape index (κ2) is 9.05. The fourth-order valence-corrected chi connectivity index (χ4v) is 5.68. The third-order valence-corrected chi connectivity index (χ3v) is 7.60. The Morgan fingerprint density at radius 3 is 2.46 bits per heavy atom. The minimum Gasteiger partial charge on any atom is -0.356 e. The molecule has 2 atom stereocenters. The number of non-ortho nitro benzene ring substituents is 1. The van der Waals surface area contributed by atoms with E-state index in [9.17, 15) is 19.7 Å². The standard InChI is InChI=1S/C28H23ClN4O4/c29-19-9-5-17(6-10-19)13-14-31-16-25(34)32-24(28(31)35)15-22-21-3-1-2-4-23(21)30-26(22)27(32)18-7-11-20(12-8-18)33(36)37/h1-12,24,27,30H,13-16H2/t24-,27?/m0/s1. The molecule has 0 radical (unpaired) electrons. The molecule has 1 saturated heterocycles. The van der Waals surface area contributed by atoms with Crippen molar-refractivity contribution in [1.29, 1.82) is 0 Å². The summed E-state index contributed by atoms with van der Waals surface area (Å²) in [5.74, 6) is -0.232. The summed E-state index contributed by atoms with van der Waals surface area (Å²) in [7, 11) is 0. The van der Waals surface area contributed by atoms with E-state index in [1.54, 1.807) is 21.9 Å². The Balaban J connectivity index is 1.38. The molecule has 37 heavy (non-hydrogen) atoms. The molecule has 0 saturated carbocycles. The quantitative estimate of drug-likeness (QED) is 0.309. The van der Waals surface area contributed by atoms with Gasteiger partial charge in [-0.15, -0.1) is 0 Å². The largest absolute Gasteiger partial charge is 0.356 e. The summed E-state index contributed by atoms with van der Waals surface area (Å²) in [5.41, 5.74) is 4.52. The van der Waals surface area contributed by atoms with Crippen molar-refractivity contribution in [2.45, 2.75) is 24.9 Å². The van der Waals surface area contributed by atoms with E-state index in [0.717, 1.165) is 33.3 Å². The van der Waals surface area contributed by atoms with E-state index in [1.807, 2.05) is 48.5 Å². The van der Waals surface area contributed by atoms with E-state index in [2.05, 4.69) is 4.98 Å². The van der Waals surface area contributed by atoms with Crippen LogP contribution in [-0.2, 0) is 22.4 Å². The van der Waals surface area contributed by atoms with E-state index in [-0.39, 0.29) is 24.0 Å². The number of benzene rings is 3. The number of aromatic amines is 1. The van der Waals surface area contributed by atoms with Gasteiger partial charge in [-0.3, -0.25) is 19.7 Å². The first-order valence-electron chi connectivity index (χ1n) is 12.1. The lowest BCUT2D eigenvalue weighted by atomic mass is 9.86. The highest BCUT2D eigenvalue weighted by atomic mass is 35.5. The van der Waals surface area contributed by atoms with Crippen molar-refractivity contribution < 1.29 is 14.5 Å². The molecule has 1 N–H and O–H groups in total. The van der Waals surface area contributed by atoms with Crippen molar-refractivity contribution in [2.75, 3.05) is 13.1 Å². The Labute approximate surface area is 217 Å². The molecule has 1 aromatic heterocycles. The van der Waals surface area contributed by atoms with E-state index in [1.165, 1.54) is 12.1 Å². The number of aromatic nitrogens is 1. The summed E-state index contributed by atoms with van der Waals surface area (Å²) < 4.78 is 0. The molecule has 0 aliphatic carbocycles. The molecule has 8 nitrogen and oxygen atoms in total. The highest BCUT2D eigenvalue weighted by Gasteiger charge is 2.48. The Morgan fingerprint density at radius 1 is 1.00 bits per heavy atom. The molecule has 2 aliphatic rings. The predicted octanol–water partition coefficient (Wildman–Crippen LogP) is 4.66. The van der Waals surface area contributed by atoms with Crippen LogP contribution >= 0.6 is 11.6 Å². The van der Waals surface area contributed by atoms with Gasteiger partial charge in [0, 0.05) is 46.7 Å². The highest BCUT2D eigenvalue weighted by Crippen LogP contribution is 2.42. The number of fused-ring (bicyclic) bond motifs is 4. The molecular formula is C28H23ClN4O4. The van der Waals surface area contributed by atoms with Gasteiger partial charge >= 0.3 is 0 Å². The van der Waals surface area contributed by atoms with Gasteiger partial charge in [-0.25, -0.2) is 0 Å². The van der Waals surface area contributed by atoms with Crippen molar-refractivity contribution in [1.82, 2.24) is 14.8 Å². The lowest BCUT2D eigenvalue weighted by Gasteiger charge is -2.47. The monoisotopic (exact) mass is 514 g/mol. The third kappa shape index (κ3) is 4.03. The summed E-state index contributed by atoms with van der Waals surface area (Å²) in [6.07, 6.45) is 1.03. The van der Waals surface area contributed by atoms with Crippen LogP contribution in [0.2, 0.25) is 5.02 Å². The van der Waals surface area contributed by atoms with Gasteiger partial charge in [0.25, 0.3) is 5.69 Å². The first kappa shape index (κ1) is 23.2. The lowest BCUT2D eigenvalue weighted by Crippen LogP contribution is -2.63. The molecular weight excluding hydrogens is 492 g/mol. The van der Waals surface area contributed by atoms with Gasteiger partial charge in [0.15, 0.2) is 0 Å². The third-order valence-electron chi connectivity index (χ3n) is 7.35. The van der Waals surface area contributed by atoms with Crippen molar-refractivity contribution >= 4 is 40.0 Å². The molecule has 9 heteroatoms. The maximum absolute atomic E-state index is 13.8. The Morgan fingerprint density at radius 2 is 1.73 bits per heavy atom. The predicted molar refractivity (Wildman–Crippen MR) is 139 cm³/mol. The smallest absolute Gasteiger partial charge is 0.269 e. The number of nitro groups is 1. The number of nitrogens with zero attached hydrogens (tertiary/aromatic N) is 3. The number of halogens is 1. The minimum atomic E-state index is -0.654. The zero-order valence-electron chi connectivity index (χ0n) is 19.8. The van der Waals surface area contributed by atoms with Gasteiger partial charge in [0.1, 0.15) is 6.04 Å². The fourth-order valence-electron chi connectivity index (χ4n) is 5.55. The summed E-state index contributed by atoms with van der Waals surface area (Å²) in [6.45, 7) is 0.418. The van der Waals surface area contributed by atoms with E-state index in [0.29, 0.717) is 24.4 Å². The SMILES string of the molecule is O=C1[C@@H]2Cc3c([nH]c4ccccc34)C(c3ccc([N+](=O)[O-])cc3)N2C(=O)CN1CCc1ccc(Cl)cc1. The fraction of sp³-hybridized carbons (Fsp3) is 0.214. The van der Waals surface area contributed by atoms with Gasteiger partial charge in [-0.2, -0.15) is 0 Å². The molecule has 1 fully saturated rings. The molecule has 3 aromatic carbocycles. The number of hydrogen-bond donors (Lipinski definition) is 1. The number of piperazine rings is 1. The Bertz CT molecular complexity index is 1530. The van der Waals surface area contributed by atoms with Crippen LogP contribution in [0.1, 0.15) is 28.4 Å². The Hall–Kier alpha value is -4.17. The number of rotatable bonds is 5. The van der Waals surface area contributed by atoms with Crippen LogP contribution in [-0.4, -0.2) is 50.7 Å². The zero-order chi connectivity index (χ0) is 25.7. The molecule has 0 bridgehead atoms. The number of nitro benzene ring substituents is 1. The minimum absolute atomic E-state index is 0.0119. The van der Waals surface area contributed by atoms with Crippen LogP contribution in [0, 0.1) is 10.1 Å². The topological polar surface area (TPSA) is 99.5 Å². The van der Waals surface area contributed by atoms with E-state index in [4.69, 9.17) is 11.6 Å². The Kier molecular flexibility index (Phi) is 5.68. The van der Waals surface area contributed by atoms with Gasteiger partial charge < -0.3 is 14.8 Å². The summed E-state index contributed by atoms with van der Waals surface area (Å²) in [6, 6.07) is 20.4. The maximum Gasteiger partial charge on any atom is 0.269 e. The van der Waals surface area contributed by atoms with Crippen LogP contribution in [0.3, 0.4) is 0 Å². The number of amides is 2. The van der Waals surface area contributed by atoms with Gasteiger partial charge in [-0.05, 0) is 53.4 Å². The molecule has 2 amide bonds. The van der Waals surface area contributed by atoms with Crippen LogP contribution in [0.25, 0.3) is 10.9 Å². The zero-order valence-corrected chi connectivity index (χ0v) is 20.5. The van der Waals surface area contributed by atoms with Crippen molar-refractivity contribution in [3.05, 3.63) is 110 Å². The van der Waals surface area contributed by atoms with Crippen LogP contribution in [0.5, 0.6) is 0 Å². The maximum atomic E-state index is 13.8. The van der Waals surface area contributed by atoms with E-state index >= 15 is 0 Å². The number of hydrogen-bond acceptors (Lipinski definition) is 4. The molecule has 6 rings (SSSR count). The molecule has 0 spiro atoms. The lowest BCUT2D eigenvalue weighted by molar-refractivity contribution is -0.384. The normalized spacial score (nSPS) is 19.2. The number of para-hydroxylation sites is 1. The van der Waals surface area contributed by atoms with Crippen LogP contribution in [0.4, 0.5) is 5.69 Å². The van der Waals surface area contributed by atoms with Crippen molar-refractivity contribution in [2.24, 2.45) is 0 Å². The molecule has 2 aliphatic heterocycles. The van der Waals surface area contributed by atoms with Crippen LogP contribution in [0.15, 0.2) is 72.8 Å². The second-order valence-electron chi connectivity index (χ2n) is 9.47. The van der Waals surface area contributed by atoms with Gasteiger partial charge in [0.2, 0.25) is 11.8 Å². The average molecular weight is 515 g/mol. The van der Waals surface area contributed by atoms with Crippen molar-refractivity contribution in [3.8, 4) is 0 Å². The molecule has 4 aromatic rings. The second-order valence-corrected chi connectivity index (χ2v) is 9.91. The van der Waals surface area contributed by atoms with E-state index < -0.39 is 17.0 Å². The summed E-state index contributed by atoms with van der Waals surface area (Å²) in [4.78, 5) is 45.0. The summed E-state index contributed by atoms with van der Waals surface area (Å²) in [5, 5.41) is 12.9. The summed E-state index contributed by atoms with van der Waals surface area (Å²) >= 11 is 5.99. The number of carbonyl (C=O) groups is 2. The van der Waals surface area contributed by atoms with Gasteiger partial charge in [0.05, 0.1) is 17.5 Å². The first-order chi connectivity index (χ1) is 17.9. The van der Waals surface area contributed by atoms with Crippen LogP contribution < -0.4 is 0 Å². The number of nitrogens with one attached hydrogen (secondary N) is 1. The van der Waals surface area contributed by atoms with Gasteiger partial charge in [-0.1, -0.05) is 41.9 Å². The average Bonchev–Trinajstić information content (AvgIpc) is 3.28. The first-order valence-corrected chi connectivity index (χ1v) is 12.5. The number of carbonyl (C=O) groups excluding carboxylic acids is 2.